The van der Waals surface area contributed by atoms with Crippen LogP contribution in [0, 0.1) is 0 Å². The normalized spacial score (nSPS) is 17.1. The maximum atomic E-state index is 11.6. The van der Waals surface area contributed by atoms with Crippen molar-refractivity contribution in [3.05, 3.63) is 33.9 Å². The standard InChI is InChI=1S/C16H26ClNO2S/c1-3-6-16(18-20-12-5-11-17)15-9-7-14(8-10-15)13-21(19)4-2/h5,11,13,18H,3-4,6-10,12H2,1-2H3. The predicted octanol–water partition coefficient (Wildman–Crippen LogP) is 4.54. The summed E-state index contributed by atoms with van der Waals surface area (Å²) in [5.74, 6) is 0.705. The Balaban J connectivity index is 2.59. The first-order valence-electron chi connectivity index (χ1n) is 7.61. The number of hydrogen-bond donors (Lipinski definition) is 1. The molecule has 120 valence electrons. The van der Waals surface area contributed by atoms with Crippen molar-refractivity contribution >= 4 is 22.4 Å². The Morgan fingerprint density at radius 1 is 1.33 bits per heavy atom. The maximum Gasteiger partial charge on any atom is 0.0938 e. The first-order chi connectivity index (χ1) is 10.2. The molecule has 0 aromatic heterocycles. The van der Waals surface area contributed by atoms with E-state index in [4.69, 9.17) is 16.4 Å². The highest BCUT2D eigenvalue weighted by atomic mass is 35.5. The van der Waals surface area contributed by atoms with Gasteiger partial charge < -0.3 is 0 Å². The lowest BCUT2D eigenvalue weighted by atomic mass is 9.89. The van der Waals surface area contributed by atoms with Crippen LogP contribution in [0.3, 0.4) is 0 Å². The molecule has 1 aliphatic carbocycles. The molecule has 0 aromatic rings. The highest BCUT2D eigenvalue weighted by molar-refractivity contribution is 7.87. The van der Waals surface area contributed by atoms with Crippen LogP contribution in [-0.2, 0) is 15.6 Å². The molecule has 0 saturated heterocycles. The zero-order valence-electron chi connectivity index (χ0n) is 13.0. The Bertz CT molecular complexity index is 418. The molecule has 1 saturated carbocycles. The molecule has 0 radical (unpaired) electrons. The second kappa shape index (κ2) is 11.0. The molecule has 1 fully saturated rings. The molecule has 0 heterocycles. The monoisotopic (exact) mass is 331 g/mol. The minimum Gasteiger partial charge on any atom is -0.272 e. The summed E-state index contributed by atoms with van der Waals surface area (Å²) in [5.41, 5.74) is 8.52. The van der Waals surface area contributed by atoms with E-state index in [-0.39, 0.29) is 0 Å². The van der Waals surface area contributed by atoms with Crippen LogP contribution in [0.15, 0.2) is 33.9 Å². The van der Waals surface area contributed by atoms with Crippen LogP contribution in [0.25, 0.3) is 0 Å². The molecule has 5 heteroatoms. The molecule has 1 aliphatic rings. The summed E-state index contributed by atoms with van der Waals surface area (Å²) >= 11 is 5.46. The third-order valence-electron chi connectivity index (χ3n) is 3.47. The van der Waals surface area contributed by atoms with Crippen LogP contribution in [0.1, 0.15) is 52.4 Å². The molecular weight excluding hydrogens is 306 g/mol. The van der Waals surface area contributed by atoms with E-state index in [0.717, 1.165) is 38.5 Å². The molecule has 1 unspecified atom stereocenters. The first-order valence-corrected chi connectivity index (χ1v) is 9.43. The summed E-state index contributed by atoms with van der Waals surface area (Å²) in [6, 6.07) is 0. The van der Waals surface area contributed by atoms with Gasteiger partial charge in [0.25, 0.3) is 0 Å². The van der Waals surface area contributed by atoms with Gasteiger partial charge in [0.05, 0.1) is 6.61 Å². The van der Waals surface area contributed by atoms with Gasteiger partial charge in [0, 0.05) is 33.2 Å². The molecule has 0 aliphatic heterocycles. The lowest BCUT2D eigenvalue weighted by molar-refractivity contribution is 0.0820. The SMILES string of the molecule is CCCC(NOCC=CCl)=C1CCC(=CS(=O)CC)CC1. The van der Waals surface area contributed by atoms with Crippen LogP contribution in [0.2, 0.25) is 0 Å². The van der Waals surface area contributed by atoms with E-state index in [2.05, 4.69) is 12.4 Å². The van der Waals surface area contributed by atoms with Crippen molar-refractivity contribution in [3.63, 3.8) is 0 Å². The molecule has 1 N–H and O–H groups in total. The van der Waals surface area contributed by atoms with Crippen molar-refractivity contribution in [3.8, 4) is 0 Å². The second-order valence-corrected chi connectivity index (χ2v) is 6.88. The third kappa shape index (κ3) is 7.30. The third-order valence-corrected chi connectivity index (χ3v) is 4.81. The smallest absolute Gasteiger partial charge is 0.0938 e. The lowest BCUT2D eigenvalue weighted by Gasteiger charge is -2.22. The Morgan fingerprint density at radius 2 is 2.05 bits per heavy atom. The van der Waals surface area contributed by atoms with Crippen molar-refractivity contribution < 1.29 is 9.05 Å². The van der Waals surface area contributed by atoms with Crippen molar-refractivity contribution in [1.29, 1.82) is 0 Å². The van der Waals surface area contributed by atoms with Crippen LogP contribution >= 0.6 is 11.6 Å². The van der Waals surface area contributed by atoms with Crippen molar-refractivity contribution in [2.24, 2.45) is 0 Å². The number of rotatable bonds is 8. The quantitative estimate of drug-likeness (QED) is 0.524. The fraction of sp³-hybridized carbons (Fsp3) is 0.625. The van der Waals surface area contributed by atoms with E-state index in [0.29, 0.717) is 12.4 Å². The first kappa shape index (κ1) is 18.5. The fourth-order valence-electron chi connectivity index (χ4n) is 2.32. The summed E-state index contributed by atoms with van der Waals surface area (Å²) in [5, 5.41) is 1.95. The molecule has 0 bridgehead atoms. The molecular formula is C16H26ClNO2S. The predicted molar refractivity (Wildman–Crippen MR) is 91.2 cm³/mol. The maximum absolute atomic E-state index is 11.6. The van der Waals surface area contributed by atoms with Crippen molar-refractivity contribution in [2.45, 2.75) is 52.4 Å². The van der Waals surface area contributed by atoms with Gasteiger partial charge in [-0.2, -0.15) is 0 Å². The summed E-state index contributed by atoms with van der Waals surface area (Å²) in [6.07, 6.45) is 7.93. The van der Waals surface area contributed by atoms with Gasteiger partial charge in [-0.3, -0.25) is 14.5 Å². The minimum absolute atomic E-state index is 0.463. The van der Waals surface area contributed by atoms with Crippen molar-refractivity contribution in [2.75, 3.05) is 12.4 Å². The van der Waals surface area contributed by atoms with Gasteiger partial charge in [0.15, 0.2) is 0 Å². The zero-order chi connectivity index (χ0) is 15.5. The second-order valence-electron chi connectivity index (χ2n) is 5.05. The van der Waals surface area contributed by atoms with Crippen LogP contribution in [-0.4, -0.2) is 16.6 Å². The van der Waals surface area contributed by atoms with E-state index in [1.54, 1.807) is 6.08 Å². The van der Waals surface area contributed by atoms with Gasteiger partial charge >= 0.3 is 0 Å². The molecule has 0 aromatic carbocycles. The molecule has 1 rings (SSSR count). The average molecular weight is 332 g/mol. The van der Waals surface area contributed by atoms with Crippen LogP contribution in [0.4, 0.5) is 0 Å². The topological polar surface area (TPSA) is 38.3 Å². The molecule has 21 heavy (non-hydrogen) atoms. The number of hydrogen-bond acceptors (Lipinski definition) is 3. The Morgan fingerprint density at radius 3 is 2.62 bits per heavy atom. The number of hydroxylamine groups is 1. The van der Waals surface area contributed by atoms with Gasteiger partial charge in [0.2, 0.25) is 0 Å². The lowest BCUT2D eigenvalue weighted by Crippen LogP contribution is -2.17. The summed E-state index contributed by atoms with van der Waals surface area (Å²) in [7, 11) is -0.796. The van der Waals surface area contributed by atoms with E-state index in [9.17, 15) is 4.21 Å². The van der Waals surface area contributed by atoms with Crippen molar-refractivity contribution in [1.82, 2.24) is 5.48 Å². The highest BCUT2D eigenvalue weighted by Crippen LogP contribution is 2.30. The van der Waals surface area contributed by atoms with Gasteiger partial charge in [-0.05, 0) is 43.8 Å². The van der Waals surface area contributed by atoms with Gasteiger partial charge in [-0.25, -0.2) is 0 Å². The van der Waals surface area contributed by atoms with Gasteiger partial charge in [-0.1, -0.05) is 37.4 Å². The van der Waals surface area contributed by atoms with E-state index >= 15 is 0 Å². The number of nitrogens with one attached hydrogen (secondary N) is 1. The minimum atomic E-state index is -0.796. The fourth-order valence-corrected chi connectivity index (χ4v) is 3.17. The Kier molecular flexibility index (Phi) is 9.72. The van der Waals surface area contributed by atoms with E-state index < -0.39 is 10.8 Å². The highest BCUT2D eigenvalue weighted by Gasteiger charge is 2.15. The van der Waals surface area contributed by atoms with E-state index in [1.165, 1.54) is 22.4 Å². The van der Waals surface area contributed by atoms with Gasteiger partial charge in [0.1, 0.15) is 0 Å². The molecule has 0 amide bonds. The Labute approximate surface area is 135 Å². The number of halogens is 1. The molecule has 3 nitrogen and oxygen atoms in total. The largest absolute Gasteiger partial charge is 0.272 e. The average Bonchev–Trinajstić information content (AvgIpc) is 2.51. The summed E-state index contributed by atoms with van der Waals surface area (Å²) in [6.45, 7) is 4.58. The zero-order valence-corrected chi connectivity index (χ0v) is 14.6. The molecule has 0 spiro atoms. The van der Waals surface area contributed by atoms with Gasteiger partial charge in [-0.15, -0.1) is 0 Å². The Hall–Kier alpha value is -0.580. The number of allylic oxidation sites excluding steroid dienone is 3. The summed E-state index contributed by atoms with van der Waals surface area (Å²) in [4.78, 5) is 5.41. The van der Waals surface area contributed by atoms with E-state index in [1.807, 2.05) is 12.3 Å². The summed E-state index contributed by atoms with van der Waals surface area (Å²) < 4.78 is 11.6. The van der Waals surface area contributed by atoms with Crippen LogP contribution in [0.5, 0.6) is 0 Å². The molecule has 1 atom stereocenters. The van der Waals surface area contributed by atoms with Crippen LogP contribution < -0.4 is 5.48 Å².